The summed E-state index contributed by atoms with van der Waals surface area (Å²) in [7, 11) is 2.18. The third-order valence-electron chi connectivity index (χ3n) is 4.81. The molecule has 130 valence electrons. The summed E-state index contributed by atoms with van der Waals surface area (Å²) in [6, 6.07) is 6.62. The van der Waals surface area contributed by atoms with Gasteiger partial charge in [0.15, 0.2) is 0 Å². The number of primary amides is 1. The number of carbonyl (C=O) groups is 2. The van der Waals surface area contributed by atoms with Crippen molar-refractivity contribution in [3.63, 3.8) is 0 Å². The predicted molar refractivity (Wildman–Crippen MR) is 93.9 cm³/mol. The number of amides is 3. The van der Waals surface area contributed by atoms with Crippen molar-refractivity contribution in [2.24, 2.45) is 17.6 Å². The maximum absolute atomic E-state index is 12.4. The summed E-state index contributed by atoms with van der Waals surface area (Å²) < 4.78 is 0. The summed E-state index contributed by atoms with van der Waals surface area (Å²) in [5, 5.41) is 2.86. The van der Waals surface area contributed by atoms with Gasteiger partial charge in [-0.05, 0) is 56.3 Å². The second-order valence-electron chi connectivity index (χ2n) is 7.14. The Morgan fingerprint density at radius 3 is 2.71 bits per heavy atom. The Kier molecular flexibility index (Phi) is 5.04. The van der Waals surface area contributed by atoms with E-state index in [-0.39, 0.29) is 6.03 Å². The Balaban J connectivity index is 1.49. The molecule has 3 amide bonds. The van der Waals surface area contributed by atoms with Crippen LogP contribution in [-0.2, 0) is 0 Å². The van der Waals surface area contributed by atoms with Crippen LogP contribution in [0.3, 0.4) is 0 Å². The van der Waals surface area contributed by atoms with Gasteiger partial charge in [-0.15, -0.1) is 0 Å². The van der Waals surface area contributed by atoms with Crippen molar-refractivity contribution in [3.05, 3.63) is 29.8 Å². The molecule has 2 fully saturated rings. The van der Waals surface area contributed by atoms with Crippen LogP contribution >= 0.6 is 0 Å². The lowest BCUT2D eigenvalue weighted by atomic mass is 10.1. The number of likely N-dealkylation sites (tertiary alicyclic amines) is 1. The van der Waals surface area contributed by atoms with Crippen LogP contribution in [0.15, 0.2) is 24.3 Å². The van der Waals surface area contributed by atoms with Crippen LogP contribution in [0.5, 0.6) is 0 Å². The van der Waals surface area contributed by atoms with E-state index in [2.05, 4.69) is 17.3 Å². The number of hydrogen-bond acceptors (Lipinski definition) is 3. The van der Waals surface area contributed by atoms with Crippen molar-refractivity contribution in [1.29, 1.82) is 0 Å². The van der Waals surface area contributed by atoms with Gasteiger partial charge in [0.1, 0.15) is 0 Å². The van der Waals surface area contributed by atoms with Gasteiger partial charge >= 0.3 is 6.03 Å². The van der Waals surface area contributed by atoms with Gasteiger partial charge in [-0.3, -0.25) is 4.79 Å². The van der Waals surface area contributed by atoms with E-state index >= 15 is 0 Å². The first-order valence-corrected chi connectivity index (χ1v) is 8.65. The van der Waals surface area contributed by atoms with Crippen LogP contribution in [0.25, 0.3) is 0 Å². The second-order valence-corrected chi connectivity index (χ2v) is 7.14. The highest BCUT2D eigenvalue weighted by atomic mass is 16.2. The van der Waals surface area contributed by atoms with Crippen molar-refractivity contribution in [2.45, 2.75) is 19.3 Å². The molecule has 24 heavy (non-hydrogen) atoms. The minimum Gasteiger partial charge on any atom is -0.366 e. The molecule has 0 bridgehead atoms. The van der Waals surface area contributed by atoms with Crippen LogP contribution in [0.4, 0.5) is 10.5 Å². The van der Waals surface area contributed by atoms with Gasteiger partial charge in [0.05, 0.1) is 0 Å². The molecule has 1 aromatic rings. The van der Waals surface area contributed by atoms with Crippen molar-refractivity contribution in [3.8, 4) is 0 Å². The predicted octanol–water partition coefficient (Wildman–Crippen LogP) is 1.98. The highest BCUT2D eigenvalue weighted by Gasteiger charge is 2.29. The van der Waals surface area contributed by atoms with E-state index in [1.807, 2.05) is 4.90 Å². The van der Waals surface area contributed by atoms with Crippen LogP contribution in [0, 0.1) is 11.8 Å². The quantitative estimate of drug-likeness (QED) is 0.837. The molecule has 0 aromatic heterocycles. The summed E-state index contributed by atoms with van der Waals surface area (Å²) in [4.78, 5) is 27.9. The molecule has 0 radical (unpaired) electrons. The standard InChI is InChI=1S/C18H26N4O2/c1-21(10-13-5-6-13)11-14-7-8-22(12-14)18(24)20-16-4-2-3-15(9-16)17(19)23/h2-4,9,13-14H,5-8,10-12H2,1H3,(H2,19,23)(H,20,24). The summed E-state index contributed by atoms with van der Waals surface area (Å²) in [5.41, 5.74) is 6.27. The normalized spacial score (nSPS) is 20.4. The molecule has 6 nitrogen and oxygen atoms in total. The second kappa shape index (κ2) is 7.21. The lowest BCUT2D eigenvalue weighted by Crippen LogP contribution is -2.35. The van der Waals surface area contributed by atoms with Gasteiger partial charge in [0.2, 0.25) is 5.91 Å². The monoisotopic (exact) mass is 330 g/mol. The molecule has 1 heterocycles. The first-order chi connectivity index (χ1) is 11.5. The first kappa shape index (κ1) is 16.8. The maximum Gasteiger partial charge on any atom is 0.321 e. The van der Waals surface area contributed by atoms with Crippen LogP contribution in [0.2, 0.25) is 0 Å². The van der Waals surface area contributed by atoms with Gasteiger partial charge in [0, 0.05) is 37.4 Å². The molecule has 3 rings (SSSR count). The van der Waals surface area contributed by atoms with Crippen molar-refractivity contribution >= 4 is 17.6 Å². The lowest BCUT2D eigenvalue weighted by molar-refractivity contribution is 0.1000. The van der Waals surface area contributed by atoms with E-state index < -0.39 is 5.91 Å². The average molecular weight is 330 g/mol. The summed E-state index contributed by atoms with van der Waals surface area (Å²) in [5.74, 6) is 0.941. The Hall–Kier alpha value is -2.08. The molecule has 6 heteroatoms. The SMILES string of the molecule is CN(CC1CC1)CC1CCN(C(=O)Nc2cccc(C(N)=O)c2)C1. The molecule has 0 spiro atoms. The number of carbonyl (C=O) groups excluding carboxylic acids is 2. The van der Waals surface area contributed by atoms with Gasteiger partial charge < -0.3 is 20.9 Å². The van der Waals surface area contributed by atoms with Crippen LogP contribution < -0.4 is 11.1 Å². The third kappa shape index (κ3) is 4.47. The molecule has 1 aromatic carbocycles. The molecule has 1 atom stereocenters. The van der Waals surface area contributed by atoms with Crippen LogP contribution in [-0.4, -0.2) is 55.0 Å². The van der Waals surface area contributed by atoms with E-state index in [0.29, 0.717) is 17.2 Å². The average Bonchev–Trinajstić information content (AvgIpc) is 3.22. The smallest absolute Gasteiger partial charge is 0.321 e. The van der Waals surface area contributed by atoms with E-state index in [0.717, 1.165) is 32.0 Å². The minimum atomic E-state index is -0.494. The molecule has 3 N–H and O–H groups in total. The maximum atomic E-state index is 12.4. The highest BCUT2D eigenvalue weighted by Crippen LogP contribution is 2.30. The molecular weight excluding hydrogens is 304 g/mol. The molecule has 2 aliphatic rings. The molecule has 1 saturated carbocycles. The Morgan fingerprint density at radius 2 is 2.00 bits per heavy atom. The number of anilines is 1. The van der Waals surface area contributed by atoms with Crippen molar-refractivity contribution in [2.75, 3.05) is 38.5 Å². The molecule has 1 unspecified atom stereocenters. The summed E-state index contributed by atoms with van der Waals surface area (Å²) in [6.45, 7) is 3.81. The van der Waals surface area contributed by atoms with Gasteiger partial charge in [-0.2, -0.15) is 0 Å². The fourth-order valence-electron chi connectivity index (χ4n) is 3.38. The zero-order chi connectivity index (χ0) is 17.1. The third-order valence-corrected chi connectivity index (χ3v) is 4.81. The topological polar surface area (TPSA) is 78.7 Å². The number of nitrogens with zero attached hydrogens (tertiary/aromatic N) is 2. The highest BCUT2D eigenvalue weighted by molar-refractivity contribution is 5.95. The molecule has 1 saturated heterocycles. The van der Waals surface area contributed by atoms with E-state index in [4.69, 9.17) is 5.73 Å². The van der Waals surface area contributed by atoms with Crippen molar-refractivity contribution < 1.29 is 9.59 Å². The molecule has 1 aliphatic carbocycles. The van der Waals surface area contributed by atoms with Gasteiger partial charge in [-0.25, -0.2) is 4.79 Å². The Labute approximate surface area is 143 Å². The zero-order valence-electron chi connectivity index (χ0n) is 14.2. The fourth-order valence-corrected chi connectivity index (χ4v) is 3.38. The van der Waals surface area contributed by atoms with Crippen molar-refractivity contribution in [1.82, 2.24) is 9.80 Å². The largest absolute Gasteiger partial charge is 0.366 e. The minimum absolute atomic E-state index is 0.107. The van der Waals surface area contributed by atoms with Gasteiger partial charge in [-0.1, -0.05) is 6.07 Å². The van der Waals surface area contributed by atoms with Crippen LogP contribution in [0.1, 0.15) is 29.6 Å². The number of benzene rings is 1. The number of urea groups is 1. The number of rotatable bonds is 6. The summed E-state index contributed by atoms with van der Waals surface area (Å²) in [6.07, 6.45) is 3.78. The van der Waals surface area contributed by atoms with E-state index in [9.17, 15) is 9.59 Å². The van der Waals surface area contributed by atoms with Gasteiger partial charge in [0.25, 0.3) is 0 Å². The fraction of sp³-hybridized carbons (Fsp3) is 0.556. The lowest BCUT2D eigenvalue weighted by Gasteiger charge is -2.21. The van der Waals surface area contributed by atoms with E-state index in [1.165, 1.54) is 19.4 Å². The molecule has 1 aliphatic heterocycles. The summed E-state index contributed by atoms with van der Waals surface area (Å²) >= 11 is 0. The number of hydrogen-bond donors (Lipinski definition) is 2. The Morgan fingerprint density at radius 1 is 1.25 bits per heavy atom. The Bertz CT molecular complexity index is 615. The number of nitrogens with one attached hydrogen (secondary N) is 1. The van der Waals surface area contributed by atoms with E-state index in [1.54, 1.807) is 24.3 Å². The zero-order valence-corrected chi connectivity index (χ0v) is 14.2. The molecular formula is C18H26N4O2. The number of nitrogens with two attached hydrogens (primary N) is 1. The first-order valence-electron chi connectivity index (χ1n) is 8.65.